The van der Waals surface area contributed by atoms with Crippen LogP contribution in [0.3, 0.4) is 0 Å². The van der Waals surface area contributed by atoms with Crippen molar-refractivity contribution < 1.29 is 32.2 Å². The van der Waals surface area contributed by atoms with Crippen molar-refractivity contribution in [3.8, 4) is 11.6 Å². The van der Waals surface area contributed by atoms with Crippen molar-refractivity contribution in [2.75, 3.05) is 0 Å². The molecule has 0 fully saturated rings. The van der Waals surface area contributed by atoms with E-state index in [1.54, 1.807) is 0 Å². The second kappa shape index (κ2) is 5.86. The number of rotatable bonds is 5. The maximum atomic E-state index is 13.5. The summed E-state index contributed by atoms with van der Waals surface area (Å²) in [4.78, 5) is 14.4. The zero-order chi connectivity index (χ0) is 17.3. The van der Waals surface area contributed by atoms with E-state index >= 15 is 0 Å². The van der Waals surface area contributed by atoms with Gasteiger partial charge in [-0.25, -0.2) is 9.78 Å². The topological polar surface area (TPSA) is 59.4 Å². The van der Waals surface area contributed by atoms with Gasteiger partial charge in [-0.1, -0.05) is 0 Å². The number of pyridine rings is 1. The number of aromatic carboxylic acids is 1. The number of carboxylic acid groups (broad SMARTS) is 1. The lowest BCUT2D eigenvalue weighted by atomic mass is 10.0. The summed E-state index contributed by atoms with van der Waals surface area (Å²) in [6.07, 6.45) is 1.07. The number of benzene rings is 1. The van der Waals surface area contributed by atoms with Crippen LogP contribution in [-0.2, 0) is 5.92 Å². The van der Waals surface area contributed by atoms with Crippen molar-refractivity contribution in [1.82, 2.24) is 4.98 Å². The number of halogens is 4. The Morgan fingerprint density at radius 1 is 1.09 bits per heavy atom. The molecule has 0 spiro atoms. The maximum Gasteiger partial charge on any atom is 0.337 e. The zero-order valence-electron chi connectivity index (χ0n) is 11.8. The predicted octanol–water partition coefficient (Wildman–Crippen LogP) is 4.32. The van der Waals surface area contributed by atoms with E-state index in [0.717, 1.165) is 30.5 Å². The fourth-order valence-corrected chi connectivity index (χ4v) is 1.67. The predicted molar refractivity (Wildman–Crippen MR) is 72.2 cm³/mol. The second-order valence-corrected chi connectivity index (χ2v) is 4.78. The number of alkyl halides is 4. The SMILES string of the molecule is CC(F)(F)C(F)(F)c1ccc(Oc2ccc(C(=O)O)cn2)cc1. The lowest BCUT2D eigenvalue weighted by Crippen LogP contribution is -2.34. The van der Waals surface area contributed by atoms with Crippen LogP contribution in [-0.4, -0.2) is 22.0 Å². The van der Waals surface area contributed by atoms with Crippen LogP contribution in [0.2, 0.25) is 0 Å². The second-order valence-electron chi connectivity index (χ2n) is 4.78. The third-order valence-electron chi connectivity index (χ3n) is 2.97. The van der Waals surface area contributed by atoms with Crippen LogP contribution >= 0.6 is 0 Å². The van der Waals surface area contributed by atoms with Crippen LogP contribution in [0.5, 0.6) is 11.6 Å². The van der Waals surface area contributed by atoms with Crippen molar-refractivity contribution in [1.29, 1.82) is 0 Å². The summed E-state index contributed by atoms with van der Waals surface area (Å²) < 4.78 is 58.0. The van der Waals surface area contributed by atoms with Gasteiger partial charge in [-0.2, -0.15) is 17.6 Å². The summed E-state index contributed by atoms with van der Waals surface area (Å²) >= 11 is 0. The average Bonchev–Trinajstić information content (AvgIpc) is 2.47. The monoisotopic (exact) mass is 329 g/mol. The fourth-order valence-electron chi connectivity index (χ4n) is 1.67. The van der Waals surface area contributed by atoms with Crippen molar-refractivity contribution in [3.05, 3.63) is 53.7 Å². The summed E-state index contributed by atoms with van der Waals surface area (Å²) in [5.74, 6) is -9.51. The maximum absolute atomic E-state index is 13.5. The molecule has 0 bridgehead atoms. The molecule has 0 amide bonds. The molecule has 2 rings (SSSR count). The number of carbonyl (C=O) groups is 1. The highest BCUT2D eigenvalue weighted by molar-refractivity contribution is 5.87. The minimum absolute atomic E-state index is 0.0373. The molecule has 4 nitrogen and oxygen atoms in total. The van der Waals surface area contributed by atoms with Gasteiger partial charge in [0.05, 0.1) is 5.56 Å². The van der Waals surface area contributed by atoms with E-state index in [1.165, 1.54) is 12.1 Å². The number of hydrogen-bond acceptors (Lipinski definition) is 3. The minimum atomic E-state index is -4.30. The van der Waals surface area contributed by atoms with Crippen LogP contribution in [0, 0.1) is 0 Å². The van der Waals surface area contributed by atoms with Crippen LogP contribution in [0.25, 0.3) is 0 Å². The van der Waals surface area contributed by atoms with Crippen molar-refractivity contribution in [2.45, 2.75) is 18.8 Å². The molecule has 0 unspecified atom stereocenters. The smallest absolute Gasteiger partial charge is 0.337 e. The Labute approximate surface area is 128 Å². The quantitative estimate of drug-likeness (QED) is 0.830. The van der Waals surface area contributed by atoms with Gasteiger partial charge in [0, 0.05) is 24.8 Å². The van der Waals surface area contributed by atoms with E-state index in [9.17, 15) is 22.4 Å². The van der Waals surface area contributed by atoms with Crippen molar-refractivity contribution in [2.24, 2.45) is 0 Å². The Hall–Kier alpha value is -2.64. The number of ether oxygens (including phenoxy) is 1. The van der Waals surface area contributed by atoms with Crippen LogP contribution in [0.15, 0.2) is 42.6 Å². The lowest BCUT2D eigenvalue weighted by molar-refractivity contribution is -0.204. The van der Waals surface area contributed by atoms with Gasteiger partial charge in [-0.3, -0.25) is 0 Å². The molecule has 0 radical (unpaired) electrons. The number of nitrogens with zero attached hydrogens (tertiary/aromatic N) is 1. The third-order valence-corrected chi connectivity index (χ3v) is 2.97. The Bertz CT molecular complexity index is 694. The first-order valence-corrected chi connectivity index (χ1v) is 6.34. The van der Waals surface area contributed by atoms with Crippen molar-refractivity contribution in [3.63, 3.8) is 0 Å². The van der Waals surface area contributed by atoms with E-state index in [1.807, 2.05) is 0 Å². The Morgan fingerprint density at radius 3 is 2.13 bits per heavy atom. The van der Waals surface area contributed by atoms with Gasteiger partial charge in [0.1, 0.15) is 5.75 Å². The van der Waals surface area contributed by atoms with Crippen LogP contribution in [0.4, 0.5) is 17.6 Å². The minimum Gasteiger partial charge on any atom is -0.478 e. The molecule has 0 aliphatic carbocycles. The molecule has 122 valence electrons. The van der Waals surface area contributed by atoms with Crippen molar-refractivity contribution >= 4 is 5.97 Å². The standard InChI is InChI=1S/C15H11F4NO3/c1-14(16,17)15(18,19)10-3-5-11(6-4-10)23-12-7-2-9(8-20-12)13(21)22/h2-8H,1H3,(H,21,22). The summed E-state index contributed by atoms with van der Waals surface area (Å²) in [7, 11) is 0. The third kappa shape index (κ3) is 3.58. The number of carboxylic acids is 1. The highest BCUT2D eigenvalue weighted by atomic mass is 19.3. The van der Waals surface area contributed by atoms with Gasteiger partial charge in [0.25, 0.3) is 0 Å². The number of aromatic nitrogens is 1. The van der Waals surface area contributed by atoms with Gasteiger partial charge in [-0.15, -0.1) is 0 Å². The molecule has 0 aliphatic heterocycles. The molecular formula is C15H11F4NO3. The van der Waals surface area contributed by atoms with Gasteiger partial charge in [0.15, 0.2) is 0 Å². The summed E-state index contributed by atoms with van der Waals surface area (Å²) in [5, 5.41) is 8.72. The van der Waals surface area contributed by atoms with Gasteiger partial charge < -0.3 is 9.84 Å². The summed E-state index contributed by atoms with van der Waals surface area (Å²) in [6.45, 7) is 0.144. The molecule has 0 saturated heterocycles. The van der Waals surface area contributed by atoms with Crippen LogP contribution in [0.1, 0.15) is 22.8 Å². The Balaban J connectivity index is 2.16. The Kier molecular flexibility index (Phi) is 4.26. The van der Waals surface area contributed by atoms with Gasteiger partial charge >= 0.3 is 17.8 Å². The summed E-state index contributed by atoms with van der Waals surface area (Å²) in [6, 6.07) is 6.40. The molecule has 23 heavy (non-hydrogen) atoms. The molecule has 2 aromatic rings. The van der Waals surface area contributed by atoms with E-state index in [0.29, 0.717) is 0 Å². The molecule has 1 aromatic heterocycles. The fraction of sp³-hybridized carbons (Fsp3) is 0.200. The van der Waals surface area contributed by atoms with E-state index < -0.39 is 23.4 Å². The first-order chi connectivity index (χ1) is 10.6. The summed E-state index contributed by atoms with van der Waals surface area (Å²) in [5.41, 5.74) is -0.885. The molecule has 0 atom stereocenters. The normalized spacial score (nSPS) is 12.0. The zero-order valence-corrected chi connectivity index (χ0v) is 11.8. The highest BCUT2D eigenvalue weighted by Gasteiger charge is 2.53. The van der Waals surface area contributed by atoms with E-state index in [-0.39, 0.29) is 24.1 Å². The number of hydrogen-bond donors (Lipinski definition) is 1. The van der Waals surface area contributed by atoms with Crippen LogP contribution < -0.4 is 4.74 Å². The molecule has 0 saturated carbocycles. The average molecular weight is 329 g/mol. The first kappa shape index (κ1) is 16.7. The molecular weight excluding hydrogens is 318 g/mol. The molecule has 1 aromatic carbocycles. The highest BCUT2D eigenvalue weighted by Crippen LogP contribution is 2.42. The van der Waals surface area contributed by atoms with E-state index in [4.69, 9.17) is 9.84 Å². The van der Waals surface area contributed by atoms with E-state index in [2.05, 4.69) is 4.98 Å². The first-order valence-electron chi connectivity index (χ1n) is 6.34. The Morgan fingerprint density at radius 2 is 1.70 bits per heavy atom. The molecule has 1 heterocycles. The molecule has 8 heteroatoms. The van der Waals surface area contributed by atoms with Gasteiger partial charge in [0.2, 0.25) is 5.88 Å². The van der Waals surface area contributed by atoms with Gasteiger partial charge in [-0.05, 0) is 30.3 Å². The molecule has 0 aliphatic rings. The molecule has 1 N–H and O–H groups in total. The lowest BCUT2D eigenvalue weighted by Gasteiger charge is -2.23. The largest absolute Gasteiger partial charge is 0.478 e.